The third-order valence-corrected chi connectivity index (χ3v) is 8.63. The number of nitrogens with one attached hydrogen (secondary N) is 1. The molecule has 0 saturated carbocycles. The molecule has 44 heavy (non-hydrogen) atoms. The molecule has 2 saturated heterocycles. The van der Waals surface area contributed by atoms with Crippen LogP contribution in [0.3, 0.4) is 0 Å². The number of anilines is 1. The Labute approximate surface area is 249 Å². The van der Waals surface area contributed by atoms with Gasteiger partial charge in [0, 0.05) is 47.0 Å². The highest BCUT2D eigenvalue weighted by Crippen LogP contribution is 2.45. The zero-order valence-corrected chi connectivity index (χ0v) is 23.8. The number of pyridine rings is 1. The fraction of sp³-hybridized carbons (Fsp3) is 0.300. The van der Waals surface area contributed by atoms with E-state index in [0.717, 1.165) is 25.0 Å². The Bertz CT molecular complexity index is 1910. The normalized spacial score (nSPS) is 19.5. The number of ether oxygens (including phenoxy) is 1. The van der Waals surface area contributed by atoms with Crippen molar-refractivity contribution in [3.05, 3.63) is 71.7 Å². The number of ketones is 1. The second-order valence-corrected chi connectivity index (χ2v) is 11.1. The summed E-state index contributed by atoms with van der Waals surface area (Å²) in [5.74, 6) is -1.71. The third kappa shape index (κ3) is 4.36. The summed E-state index contributed by atoms with van der Waals surface area (Å²) in [7, 11) is 1.26. The van der Waals surface area contributed by atoms with Crippen LogP contribution < -0.4 is 10.5 Å². The van der Waals surface area contributed by atoms with Gasteiger partial charge in [-0.15, -0.1) is 10.2 Å². The number of carbonyl (C=O) groups is 2. The number of H-pyrrole nitrogens is 1. The zero-order valence-electron chi connectivity index (χ0n) is 23.8. The molecule has 5 aromatic rings. The van der Waals surface area contributed by atoms with E-state index in [1.807, 2.05) is 4.90 Å². The van der Waals surface area contributed by atoms with E-state index in [9.17, 15) is 18.4 Å². The monoisotopic (exact) mass is 599 g/mol. The van der Waals surface area contributed by atoms with E-state index in [2.05, 4.69) is 25.3 Å². The molecule has 6 heterocycles. The summed E-state index contributed by atoms with van der Waals surface area (Å²) < 4.78 is 35.2. The number of piperidine rings is 1. The van der Waals surface area contributed by atoms with Gasteiger partial charge >= 0.3 is 0 Å². The summed E-state index contributed by atoms with van der Waals surface area (Å²) in [4.78, 5) is 40.1. The summed E-state index contributed by atoms with van der Waals surface area (Å²) >= 11 is 0. The van der Waals surface area contributed by atoms with Crippen molar-refractivity contribution < 1.29 is 23.1 Å². The second-order valence-electron chi connectivity index (χ2n) is 11.1. The van der Waals surface area contributed by atoms with Gasteiger partial charge in [-0.3, -0.25) is 14.6 Å². The lowest BCUT2D eigenvalue weighted by atomic mass is 9.85. The lowest BCUT2D eigenvalue weighted by Gasteiger charge is -2.38. The summed E-state index contributed by atoms with van der Waals surface area (Å²) in [6.07, 6.45) is 7.39. The highest BCUT2D eigenvalue weighted by Gasteiger charge is 2.45. The van der Waals surface area contributed by atoms with Crippen LogP contribution in [-0.2, 0) is 0 Å². The molecule has 2 bridgehead atoms. The average molecular weight is 600 g/mol. The standard InChI is InChI=1S/C30H27F2N9O3/c1-14(42)25-26(16-7-17-4-5-18(8-16)40(17)30(43)28-35-13-36-39-28)38-29-20(12-37-41(29)27(25)33)15-3-6-23(34-11-15)19-9-22(32)24(44-2)10-21(19)31/h3,6,9-13,16-18H,4-5,7-8,33H2,1-2H3,(H,35,36,39)/t16-,17-,18+. The van der Waals surface area contributed by atoms with Crippen molar-refractivity contribution in [2.45, 2.75) is 50.6 Å². The molecule has 3 atom stereocenters. The molecule has 0 aliphatic carbocycles. The molecule has 0 unspecified atom stereocenters. The number of halogens is 2. The van der Waals surface area contributed by atoms with Crippen molar-refractivity contribution in [3.8, 4) is 28.1 Å². The number of aromatic nitrogens is 7. The molecular weight excluding hydrogens is 572 g/mol. The predicted octanol–water partition coefficient (Wildman–Crippen LogP) is 4.20. The van der Waals surface area contributed by atoms with E-state index < -0.39 is 11.6 Å². The van der Waals surface area contributed by atoms with Crippen LogP contribution in [-0.4, -0.2) is 70.5 Å². The van der Waals surface area contributed by atoms with Crippen molar-refractivity contribution in [3.63, 3.8) is 0 Å². The van der Waals surface area contributed by atoms with Crippen molar-refractivity contribution in [1.29, 1.82) is 0 Å². The van der Waals surface area contributed by atoms with Crippen LogP contribution in [0.2, 0.25) is 0 Å². The highest BCUT2D eigenvalue weighted by molar-refractivity contribution is 6.00. The summed E-state index contributed by atoms with van der Waals surface area (Å²) in [6, 6.07) is 5.23. The predicted molar refractivity (Wildman–Crippen MR) is 154 cm³/mol. The molecule has 14 heteroatoms. The minimum absolute atomic E-state index is 0.00626. The summed E-state index contributed by atoms with van der Waals surface area (Å²) in [5, 5.41) is 12.0. The van der Waals surface area contributed by atoms with Gasteiger partial charge in [-0.25, -0.2) is 13.8 Å². The van der Waals surface area contributed by atoms with Gasteiger partial charge in [0.1, 0.15) is 18.0 Å². The van der Waals surface area contributed by atoms with Gasteiger partial charge in [-0.2, -0.15) is 9.61 Å². The van der Waals surface area contributed by atoms with Crippen molar-refractivity contribution in [1.82, 2.24) is 39.7 Å². The SMILES string of the molecule is COc1cc(F)c(-c2ccc(-c3cnn4c(N)c(C(C)=O)c([C@@H]5C[C@H]6CC[C@@H](C5)N6C(=O)c5nnc[nH]5)nc34)cn2)cc1F. The first-order valence-corrected chi connectivity index (χ1v) is 14.1. The number of Topliss-reactive ketones (excluding diaryl/α,β-unsaturated/α-hetero) is 1. The third-order valence-electron chi connectivity index (χ3n) is 8.63. The van der Waals surface area contributed by atoms with E-state index >= 15 is 0 Å². The molecule has 4 aromatic heterocycles. The Kier molecular flexibility index (Phi) is 6.56. The van der Waals surface area contributed by atoms with Crippen LogP contribution in [0.1, 0.15) is 65.2 Å². The number of hydrogen-bond acceptors (Lipinski definition) is 9. The maximum absolute atomic E-state index is 14.7. The zero-order chi connectivity index (χ0) is 30.7. The molecule has 2 aliphatic heterocycles. The van der Waals surface area contributed by atoms with Gasteiger partial charge in [-0.1, -0.05) is 6.07 Å². The molecule has 0 radical (unpaired) electrons. The van der Waals surface area contributed by atoms with Crippen molar-refractivity contribution in [2.75, 3.05) is 12.8 Å². The number of amides is 1. The number of aromatic amines is 1. The molecule has 224 valence electrons. The lowest BCUT2D eigenvalue weighted by Crippen LogP contribution is -2.46. The Balaban J connectivity index is 1.24. The fourth-order valence-electron chi connectivity index (χ4n) is 6.65. The smallest absolute Gasteiger partial charge is 0.292 e. The van der Waals surface area contributed by atoms with Crippen molar-refractivity contribution >= 4 is 23.2 Å². The summed E-state index contributed by atoms with van der Waals surface area (Å²) in [5.41, 5.74) is 9.34. The van der Waals surface area contributed by atoms with Gasteiger partial charge in [0.2, 0.25) is 5.82 Å². The number of nitrogens with two attached hydrogens (primary N) is 1. The van der Waals surface area contributed by atoms with Crippen LogP contribution in [0, 0.1) is 11.6 Å². The fourth-order valence-corrected chi connectivity index (χ4v) is 6.65. The van der Waals surface area contributed by atoms with Gasteiger partial charge < -0.3 is 20.4 Å². The van der Waals surface area contributed by atoms with Crippen LogP contribution in [0.4, 0.5) is 14.6 Å². The number of benzene rings is 1. The molecule has 12 nitrogen and oxygen atoms in total. The molecule has 7 rings (SSSR count). The molecular formula is C30H27F2N9O3. The Hall–Kier alpha value is -5.27. The van der Waals surface area contributed by atoms with E-state index in [1.165, 1.54) is 31.1 Å². The maximum Gasteiger partial charge on any atom is 0.292 e. The Morgan fingerprint density at radius 2 is 1.84 bits per heavy atom. The molecule has 3 N–H and O–H groups in total. The largest absolute Gasteiger partial charge is 0.494 e. The van der Waals surface area contributed by atoms with Crippen molar-refractivity contribution in [2.24, 2.45) is 0 Å². The van der Waals surface area contributed by atoms with Gasteiger partial charge in [0.25, 0.3) is 5.91 Å². The minimum Gasteiger partial charge on any atom is -0.494 e. The number of nitrogens with zero attached hydrogens (tertiary/aromatic N) is 7. The molecule has 2 fully saturated rings. The van der Waals surface area contributed by atoms with E-state index in [1.54, 1.807) is 18.3 Å². The number of fused-ring (bicyclic) bond motifs is 3. The highest BCUT2D eigenvalue weighted by atomic mass is 19.1. The average Bonchev–Trinajstić information content (AvgIpc) is 3.76. The van der Waals surface area contributed by atoms with Crippen LogP contribution >= 0.6 is 0 Å². The molecule has 1 aromatic carbocycles. The minimum atomic E-state index is -0.701. The number of hydrogen-bond donors (Lipinski definition) is 2. The van der Waals surface area contributed by atoms with E-state index in [-0.39, 0.29) is 58.3 Å². The maximum atomic E-state index is 14.7. The Morgan fingerprint density at radius 3 is 2.48 bits per heavy atom. The van der Waals surface area contributed by atoms with E-state index in [0.29, 0.717) is 40.9 Å². The number of rotatable bonds is 6. The topological polar surface area (TPSA) is 157 Å². The Morgan fingerprint density at radius 1 is 1.07 bits per heavy atom. The van der Waals surface area contributed by atoms with E-state index in [4.69, 9.17) is 15.5 Å². The molecule has 1 amide bonds. The molecule has 2 aliphatic rings. The second kappa shape index (κ2) is 10.5. The quantitative estimate of drug-likeness (QED) is 0.273. The van der Waals surface area contributed by atoms with Gasteiger partial charge in [-0.05, 0) is 44.7 Å². The van der Waals surface area contributed by atoms with Crippen LogP contribution in [0.25, 0.3) is 28.0 Å². The van der Waals surface area contributed by atoms with Gasteiger partial charge in [0.05, 0.1) is 30.3 Å². The summed E-state index contributed by atoms with van der Waals surface area (Å²) in [6.45, 7) is 1.45. The van der Waals surface area contributed by atoms with Crippen LogP contribution in [0.15, 0.2) is 43.0 Å². The lowest BCUT2D eigenvalue weighted by molar-refractivity contribution is 0.0556. The first kappa shape index (κ1) is 27.6. The first-order valence-electron chi connectivity index (χ1n) is 14.1. The number of carbonyl (C=O) groups excluding carboxylic acids is 2. The molecule has 0 spiro atoms. The number of methoxy groups -OCH3 is 1. The van der Waals surface area contributed by atoms with Crippen LogP contribution in [0.5, 0.6) is 5.75 Å². The van der Waals surface area contributed by atoms with Gasteiger partial charge in [0.15, 0.2) is 23.0 Å². The number of nitrogen functional groups attached to an aromatic ring is 1. The first-order chi connectivity index (χ1) is 21.2.